The molecule has 55 heavy (non-hydrogen) atoms. The zero-order valence-electron chi connectivity index (χ0n) is 25.3. The highest BCUT2D eigenvalue weighted by Gasteiger charge is 3.01. The van der Waals surface area contributed by atoms with Crippen LogP contribution in [0.2, 0.25) is 0 Å². The van der Waals surface area contributed by atoms with Crippen LogP contribution in [0.5, 0.6) is 0 Å². The van der Waals surface area contributed by atoms with E-state index in [0.29, 0.717) is 5.32 Å². The average Bonchev–Trinajstić information content (AvgIpc) is 2.96. The fourth-order valence-corrected chi connectivity index (χ4v) is 3.38. The monoisotopic (exact) mass is 895 g/mol. The molecule has 0 aliphatic carbocycles. The third-order valence-corrected chi connectivity index (χ3v) is 6.73. The molecule has 0 heterocycles. The summed E-state index contributed by atoms with van der Waals surface area (Å²) in [4.78, 5) is 21.6. The average molecular weight is 895 g/mol. The first-order valence-electron chi connectivity index (χ1n) is 12.6. The van der Waals surface area contributed by atoms with Crippen LogP contribution in [-0.4, -0.2) is 107 Å². The molecule has 0 aromatic rings. The van der Waals surface area contributed by atoms with Gasteiger partial charge in [0.1, 0.15) is 0 Å². The van der Waals surface area contributed by atoms with Crippen molar-refractivity contribution >= 4 is 11.9 Å². The van der Waals surface area contributed by atoms with Crippen molar-refractivity contribution < 1.29 is 142 Å². The van der Waals surface area contributed by atoms with Crippen molar-refractivity contribution in [3.63, 3.8) is 0 Å². The molecule has 6 N–H and O–H groups in total. The van der Waals surface area contributed by atoms with E-state index in [-0.39, 0.29) is 6.15 Å². The van der Waals surface area contributed by atoms with E-state index >= 15 is 0 Å². The number of alkyl halides is 29. The van der Waals surface area contributed by atoms with E-state index in [0.717, 1.165) is 0 Å². The van der Waals surface area contributed by atoms with E-state index in [1.165, 1.54) is 0 Å². The number of unbranched alkanes of at least 4 members (excludes halogenated alkanes) is 2. The van der Waals surface area contributed by atoms with Gasteiger partial charge in [-0.1, -0.05) is 6.42 Å². The van der Waals surface area contributed by atoms with E-state index in [9.17, 15) is 137 Å². The summed E-state index contributed by atoms with van der Waals surface area (Å²) in [7, 11) is 0. The van der Waals surface area contributed by atoms with Crippen molar-refractivity contribution in [3.8, 4) is 0 Å². The molecule has 0 saturated carbocycles. The molecular formula is C21H16F29N2O3+. The van der Waals surface area contributed by atoms with Crippen LogP contribution in [0.25, 0.3) is 0 Å². The molecule has 0 atom stereocenters. The third kappa shape index (κ3) is 7.32. The molecule has 0 spiro atoms. The van der Waals surface area contributed by atoms with Gasteiger partial charge in [0.05, 0.1) is 0 Å². The molecule has 0 aliphatic heterocycles. The van der Waals surface area contributed by atoms with Crippen LogP contribution < -0.4 is 11.5 Å². The Morgan fingerprint density at radius 3 is 0.836 bits per heavy atom. The van der Waals surface area contributed by atoms with Crippen molar-refractivity contribution in [1.29, 1.82) is 0 Å². The van der Waals surface area contributed by atoms with Crippen LogP contribution in [0.3, 0.4) is 0 Å². The second-order valence-electron chi connectivity index (χ2n) is 10.4. The molecule has 0 aliphatic rings. The maximum absolute atomic E-state index is 14.0. The van der Waals surface area contributed by atoms with Crippen LogP contribution in [0.4, 0.5) is 127 Å². The first kappa shape index (κ1) is 54.0. The molecule has 0 radical (unpaired) electrons. The summed E-state index contributed by atoms with van der Waals surface area (Å²) < 4.78 is 393. The molecule has 0 fully saturated rings. The van der Waals surface area contributed by atoms with Gasteiger partial charge in [0.15, 0.2) is 0 Å². The van der Waals surface area contributed by atoms with Crippen molar-refractivity contribution in [2.75, 3.05) is 6.54 Å². The Balaban J connectivity index is 0. The maximum atomic E-state index is 14.0. The van der Waals surface area contributed by atoms with Gasteiger partial charge >= 0.3 is 89.1 Å². The molecule has 5 nitrogen and oxygen atoms in total. The number of rotatable bonds is 19. The number of carbonyl (C=O) groups excluding carboxylic acids is 1. The lowest BCUT2D eigenvalue weighted by Crippen LogP contribution is -2.79. The van der Waals surface area contributed by atoms with E-state index in [2.05, 4.69) is 0 Å². The minimum absolute atomic E-state index is 0. The van der Waals surface area contributed by atoms with Crippen molar-refractivity contribution in [2.24, 2.45) is 0 Å². The number of aliphatic carboxylic acids is 1. The van der Waals surface area contributed by atoms with Gasteiger partial charge in [0.25, 0.3) is 5.91 Å². The highest BCUT2D eigenvalue weighted by molar-refractivity contribution is 5.84. The Morgan fingerprint density at radius 1 is 0.364 bits per heavy atom. The number of nitrogens with one attached hydrogen (secondary N) is 1. The molecule has 1 amide bonds. The summed E-state index contributed by atoms with van der Waals surface area (Å²) in [5.74, 6) is -128. The van der Waals surface area contributed by atoms with Gasteiger partial charge in [-0.25, -0.2) is 0 Å². The highest BCUT2D eigenvalue weighted by Crippen LogP contribution is 2.69. The van der Waals surface area contributed by atoms with Gasteiger partial charge in [0, 0.05) is 13.0 Å². The summed E-state index contributed by atoms with van der Waals surface area (Å²) in [5.41, 5.74) is 0. The SMILES string of the molecule is O=C(O)CCCCCNC(=O)C(F)(F)C(F)(F)C(F)(F)C(F)(F)C(F)(F)C(F)(F)C(F)(F)C(F)(F)C(F)(F)C(F)(F)C(F)(F)C(F)(F)C(F)(F)C(F)(F)F.[NH4+]. The van der Waals surface area contributed by atoms with Crippen molar-refractivity contribution in [1.82, 2.24) is 11.5 Å². The zero-order valence-corrected chi connectivity index (χ0v) is 25.3. The first-order valence-corrected chi connectivity index (χ1v) is 12.6. The molecule has 0 aromatic carbocycles. The smallest absolute Gasteiger partial charge is 0.460 e. The molecule has 0 unspecified atom stereocenters. The van der Waals surface area contributed by atoms with Gasteiger partial charge in [-0.3, -0.25) is 9.59 Å². The number of carboxylic acids is 1. The van der Waals surface area contributed by atoms with Crippen LogP contribution >= 0.6 is 0 Å². The third-order valence-electron chi connectivity index (χ3n) is 6.73. The van der Waals surface area contributed by atoms with Crippen LogP contribution in [0.15, 0.2) is 0 Å². The molecule has 330 valence electrons. The summed E-state index contributed by atoms with van der Waals surface area (Å²) in [5, 5.41) is 8.82. The minimum atomic E-state index is -10.0. The Labute approximate surface area is 282 Å². The minimum Gasteiger partial charge on any atom is -0.481 e. The second kappa shape index (κ2) is 14.7. The predicted molar refractivity (Wildman–Crippen MR) is 115 cm³/mol. The summed E-state index contributed by atoms with van der Waals surface area (Å²) in [6.07, 6.45) is -10.7. The van der Waals surface area contributed by atoms with Gasteiger partial charge in [-0.2, -0.15) is 127 Å². The summed E-state index contributed by atoms with van der Waals surface area (Å²) in [6.45, 7) is -1.46. The van der Waals surface area contributed by atoms with Crippen LogP contribution in [0.1, 0.15) is 25.7 Å². The quantitative estimate of drug-likeness (QED) is 0.0889. The number of hydrogen-bond acceptors (Lipinski definition) is 2. The number of hydrogen-bond donors (Lipinski definition) is 3. The lowest BCUT2D eigenvalue weighted by atomic mass is 9.83. The maximum Gasteiger partial charge on any atom is 0.460 e. The topological polar surface area (TPSA) is 103 Å². The van der Waals surface area contributed by atoms with Gasteiger partial charge in [-0.15, -0.1) is 0 Å². The molecule has 34 heteroatoms. The Hall–Kier alpha value is -3.13. The zero-order chi connectivity index (χ0) is 44.4. The Morgan fingerprint density at radius 2 is 0.600 bits per heavy atom. The molecule has 0 aromatic heterocycles. The fraction of sp³-hybridized carbons (Fsp3) is 0.905. The van der Waals surface area contributed by atoms with Gasteiger partial charge in [-0.05, 0) is 12.8 Å². The number of quaternary nitrogens is 1. The van der Waals surface area contributed by atoms with E-state index in [1.807, 2.05) is 0 Å². The molecule has 0 saturated heterocycles. The standard InChI is InChI=1S/C21H12F29NO3.H3N/c22-8(23,7(54)51-5-3-1-2-4-6(52)53)9(24,25)10(26,27)11(28,29)12(30,31)13(32,33)14(34,35)15(36,37)16(38,39)17(40,41)18(42,43)19(44,45)20(46,47)21(48,49)50;/h1-5H2,(H,51,54)(H,52,53);1H3/p+1. The van der Waals surface area contributed by atoms with Crippen molar-refractivity contribution in [3.05, 3.63) is 0 Å². The molecular weight excluding hydrogens is 879 g/mol. The number of carboxylic acid groups (broad SMARTS) is 1. The van der Waals surface area contributed by atoms with Crippen LogP contribution in [0, 0.1) is 0 Å². The van der Waals surface area contributed by atoms with Crippen LogP contribution in [-0.2, 0) is 9.59 Å². The normalized spacial score (nSPS) is 15.8. The number of halogens is 29. The van der Waals surface area contributed by atoms with Crippen molar-refractivity contribution in [2.45, 2.75) is 109 Å². The van der Waals surface area contributed by atoms with Gasteiger partial charge < -0.3 is 16.6 Å². The highest BCUT2D eigenvalue weighted by atomic mass is 19.4. The lowest BCUT2D eigenvalue weighted by Gasteiger charge is -2.46. The Kier molecular flexibility index (Phi) is 14.4. The van der Waals surface area contributed by atoms with E-state index in [1.54, 1.807) is 0 Å². The fourth-order valence-electron chi connectivity index (χ4n) is 3.38. The van der Waals surface area contributed by atoms with E-state index in [4.69, 9.17) is 5.11 Å². The molecule has 0 bridgehead atoms. The van der Waals surface area contributed by atoms with Gasteiger partial charge in [0.2, 0.25) is 0 Å². The first-order chi connectivity index (χ1) is 23.1. The second-order valence-corrected chi connectivity index (χ2v) is 10.4. The predicted octanol–water partition coefficient (Wildman–Crippen LogP) is 9.95. The largest absolute Gasteiger partial charge is 0.481 e. The Bertz CT molecular complexity index is 1370. The summed E-state index contributed by atoms with van der Waals surface area (Å²) >= 11 is 0. The summed E-state index contributed by atoms with van der Waals surface area (Å²) in [6, 6.07) is 0. The van der Waals surface area contributed by atoms with E-state index < -0.39 is 127 Å². The number of amides is 1. The molecule has 0 rings (SSSR count). The number of carbonyl (C=O) groups is 2. The lowest BCUT2D eigenvalue weighted by molar-refractivity contribution is -0.486.